The number of likely N-dealkylation sites (N-methyl/N-ethyl adjacent to an activating group) is 1. The molecule has 0 aromatic carbocycles. The molecule has 1 heterocycles. The van der Waals surface area contributed by atoms with E-state index in [0.717, 1.165) is 16.2 Å². The van der Waals surface area contributed by atoms with Gasteiger partial charge in [-0.1, -0.05) is 0 Å². The monoisotopic (exact) mass is 301 g/mol. The minimum Gasteiger partial charge on any atom is -0.476 e. The number of carbonyl (C=O) groups excluding carboxylic acids is 2. The fourth-order valence-corrected chi connectivity index (χ4v) is 2.07. The van der Waals surface area contributed by atoms with Crippen LogP contribution in [0.25, 0.3) is 0 Å². The second kappa shape index (κ2) is 6.85. The summed E-state index contributed by atoms with van der Waals surface area (Å²) in [4.78, 5) is 38.6. The fourth-order valence-electron chi connectivity index (χ4n) is 1.27. The molecule has 0 aliphatic heterocycles. The van der Waals surface area contributed by atoms with Gasteiger partial charge >= 0.3 is 18.0 Å². The van der Waals surface area contributed by atoms with Crippen LogP contribution in [-0.2, 0) is 9.53 Å². The molecule has 0 spiro atoms. The normalized spacial score (nSPS) is 11.6. The Hall–Kier alpha value is -2.16. The highest BCUT2D eigenvalue weighted by atomic mass is 32.1. The summed E-state index contributed by atoms with van der Waals surface area (Å²) in [6.45, 7) is 1.50. The minimum atomic E-state index is -1.12. The highest BCUT2D eigenvalue weighted by Gasteiger charge is 2.19. The van der Waals surface area contributed by atoms with Gasteiger partial charge in [0.15, 0.2) is 5.69 Å². The summed E-state index contributed by atoms with van der Waals surface area (Å²) >= 11 is 1.14. The predicted molar refractivity (Wildman–Crippen MR) is 70.7 cm³/mol. The van der Waals surface area contributed by atoms with Crippen molar-refractivity contribution in [2.45, 2.75) is 13.0 Å². The van der Waals surface area contributed by atoms with Gasteiger partial charge in [0.25, 0.3) is 0 Å². The summed E-state index contributed by atoms with van der Waals surface area (Å²) in [6.07, 6.45) is 0. The standard InChI is InChI=1S/C11H15N3O5S/c1-6(9-13-7(5-20-9)10(16)17)12-11(18)14(2)4-8(15)19-3/h5-6H,4H2,1-3H3,(H,12,18)(H,16,17). The maximum atomic E-state index is 11.8. The highest BCUT2D eigenvalue weighted by molar-refractivity contribution is 7.09. The number of hydrogen-bond acceptors (Lipinski definition) is 6. The van der Waals surface area contributed by atoms with Crippen LogP contribution < -0.4 is 5.32 Å². The SMILES string of the molecule is COC(=O)CN(C)C(=O)NC(C)c1nc(C(=O)O)cs1. The Morgan fingerprint density at radius 3 is 2.70 bits per heavy atom. The first-order valence-corrected chi connectivity index (χ1v) is 6.50. The van der Waals surface area contributed by atoms with E-state index < -0.39 is 24.0 Å². The number of aromatic nitrogens is 1. The van der Waals surface area contributed by atoms with E-state index in [1.54, 1.807) is 6.92 Å². The minimum absolute atomic E-state index is 0.0611. The van der Waals surface area contributed by atoms with E-state index in [1.165, 1.54) is 19.5 Å². The van der Waals surface area contributed by atoms with Crippen molar-refractivity contribution < 1.29 is 24.2 Å². The van der Waals surface area contributed by atoms with Gasteiger partial charge < -0.3 is 20.1 Å². The van der Waals surface area contributed by atoms with Crippen molar-refractivity contribution in [3.05, 3.63) is 16.1 Å². The number of ether oxygens (including phenoxy) is 1. The van der Waals surface area contributed by atoms with Crippen molar-refractivity contribution in [1.82, 2.24) is 15.2 Å². The van der Waals surface area contributed by atoms with Gasteiger partial charge in [0.2, 0.25) is 0 Å². The smallest absolute Gasteiger partial charge is 0.355 e. The molecule has 1 unspecified atom stereocenters. The molecule has 2 N–H and O–H groups in total. The van der Waals surface area contributed by atoms with Crippen LogP contribution in [0.1, 0.15) is 28.5 Å². The Bertz CT molecular complexity index is 516. The molecular weight excluding hydrogens is 286 g/mol. The van der Waals surface area contributed by atoms with Crippen LogP contribution in [0.2, 0.25) is 0 Å². The first-order valence-electron chi connectivity index (χ1n) is 5.62. The molecule has 1 aromatic rings. The molecule has 1 atom stereocenters. The van der Waals surface area contributed by atoms with E-state index in [9.17, 15) is 14.4 Å². The van der Waals surface area contributed by atoms with E-state index in [1.807, 2.05) is 0 Å². The number of nitrogens with zero attached hydrogens (tertiary/aromatic N) is 2. The van der Waals surface area contributed by atoms with Crippen LogP contribution in [0.5, 0.6) is 0 Å². The number of aromatic carboxylic acids is 1. The van der Waals surface area contributed by atoms with Crippen molar-refractivity contribution in [1.29, 1.82) is 0 Å². The van der Waals surface area contributed by atoms with Gasteiger partial charge in [-0.15, -0.1) is 11.3 Å². The molecule has 8 nitrogen and oxygen atoms in total. The van der Waals surface area contributed by atoms with E-state index in [4.69, 9.17) is 5.11 Å². The zero-order valence-electron chi connectivity index (χ0n) is 11.2. The Labute approximate surface area is 119 Å². The topological polar surface area (TPSA) is 109 Å². The fraction of sp³-hybridized carbons (Fsp3) is 0.455. The third-order valence-corrected chi connectivity index (χ3v) is 3.42. The average Bonchev–Trinajstić information content (AvgIpc) is 2.88. The number of rotatable bonds is 5. The Morgan fingerprint density at radius 1 is 1.55 bits per heavy atom. The van der Waals surface area contributed by atoms with Gasteiger partial charge in [-0.3, -0.25) is 4.79 Å². The number of amides is 2. The van der Waals surface area contributed by atoms with E-state index >= 15 is 0 Å². The number of carboxylic acids is 1. The van der Waals surface area contributed by atoms with Crippen molar-refractivity contribution in [3.8, 4) is 0 Å². The highest BCUT2D eigenvalue weighted by Crippen LogP contribution is 2.18. The van der Waals surface area contributed by atoms with Crippen LogP contribution in [0.15, 0.2) is 5.38 Å². The Morgan fingerprint density at radius 2 is 2.20 bits per heavy atom. The molecule has 20 heavy (non-hydrogen) atoms. The number of carbonyl (C=O) groups is 3. The average molecular weight is 301 g/mol. The van der Waals surface area contributed by atoms with Gasteiger partial charge in [-0.05, 0) is 6.92 Å². The Balaban J connectivity index is 2.60. The third-order valence-electron chi connectivity index (χ3n) is 2.39. The molecule has 0 bridgehead atoms. The maximum Gasteiger partial charge on any atom is 0.355 e. The van der Waals surface area contributed by atoms with Gasteiger partial charge in [-0.25, -0.2) is 14.6 Å². The van der Waals surface area contributed by atoms with Crippen molar-refractivity contribution in [2.24, 2.45) is 0 Å². The zero-order valence-corrected chi connectivity index (χ0v) is 12.1. The number of urea groups is 1. The molecule has 1 rings (SSSR count). The van der Waals surface area contributed by atoms with Crippen LogP contribution >= 0.6 is 11.3 Å². The van der Waals surface area contributed by atoms with Crippen LogP contribution in [-0.4, -0.2) is 53.7 Å². The zero-order chi connectivity index (χ0) is 15.3. The van der Waals surface area contributed by atoms with Gasteiger partial charge in [0.05, 0.1) is 13.2 Å². The molecule has 110 valence electrons. The molecule has 2 amide bonds. The summed E-state index contributed by atoms with van der Waals surface area (Å²) in [5.41, 5.74) is -0.0611. The summed E-state index contributed by atoms with van der Waals surface area (Å²) in [7, 11) is 2.68. The molecule has 0 aliphatic carbocycles. The second-order valence-corrected chi connectivity index (χ2v) is 4.87. The molecule has 0 fully saturated rings. The molecular formula is C11H15N3O5S. The van der Waals surface area contributed by atoms with E-state index in [-0.39, 0.29) is 12.2 Å². The van der Waals surface area contributed by atoms with Crippen molar-refractivity contribution in [2.75, 3.05) is 20.7 Å². The molecule has 0 radical (unpaired) electrons. The lowest BCUT2D eigenvalue weighted by Crippen LogP contribution is -2.41. The van der Waals surface area contributed by atoms with E-state index in [0.29, 0.717) is 5.01 Å². The maximum absolute atomic E-state index is 11.8. The lowest BCUT2D eigenvalue weighted by Gasteiger charge is -2.19. The summed E-state index contributed by atoms with van der Waals surface area (Å²) in [5, 5.41) is 13.3. The van der Waals surface area contributed by atoms with Crippen LogP contribution in [0.3, 0.4) is 0 Å². The lowest BCUT2D eigenvalue weighted by atomic mass is 10.3. The summed E-state index contributed by atoms with van der Waals surface area (Å²) in [6, 6.07) is -0.935. The summed E-state index contributed by atoms with van der Waals surface area (Å²) in [5.74, 6) is -1.65. The third kappa shape index (κ3) is 4.19. The molecule has 0 saturated heterocycles. The van der Waals surface area contributed by atoms with Crippen molar-refractivity contribution >= 4 is 29.3 Å². The number of carboxylic acid groups (broad SMARTS) is 1. The van der Waals surface area contributed by atoms with Crippen molar-refractivity contribution in [3.63, 3.8) is 0 Å². The van der Waals surface area contributed by atoms with Crippen LogP contribution in [0.4, 0.5) is 4.79 Å². The number of nitrogens with one attached hydrogen (secondary N) is 1. The number of hydrogen-bond donors (Lipinski definition) is 2. The summed E-state index contributed by atoms with van der Waals surface area (Å²) < 4.78 is 4.45. The van der Waals surface area contributed by atoms with E-state index in [2.05, 4.69) is 15.0 Å². The Kier molecular flexibility index (Phi) is 5.44. The molecule has 0 aliphatic rings. The lowest BCUT2D eigenvalue weighted by molar-refractivity contribution is -0.141. The largest absolute Gasteiger partial charge is 0.476 e. The number of esters is 1. The van der Waals surface area contributed by atoms with Crippen LogP contribution in [0, 0.1) is 0 Å². The first kappa shape index (κ1) is 15.9. The second-order valence-electron chi connectivity index (χ2n) is 3.98. The van der Waals surface area contributed by atoms with Gasteiger partial charge in [-0.2, -0.15) is 0 Å². The number of thiazole rings is 1. The predicted octanol–water partition coefficient (Wildman–Crippen LogP) is 0.717. The molecule has 1 aromatic heterocycles. The van der Waals surface area contributed by atoms with Gasteiger partial charge in [0, 0.05) is 12.4 Å². The van der Waals surface area contributed by atoms with Gasteiger partial charge in [0.1, 0.15) is 11.6 Å². The quantitative estimate of drug-likeness (QED) is 0.776. The first-order chi connectivity index (χ1) is 9.35. The number of methoxy groups -OCH3 is 1. The molecule has 0 saturated carbocycles. The molecule has 9 heteroatoms.